The highest BCUT2D eigenvalue weighted by Gasteiger charge is 2.47. The number of nitrogens with two attached hydrogens (primary N) is 3. The maximum Gasteiger partial charge on any atom is 0.328 e. The van der Waals surface area contributed by atoms with E-state index in [1.165, 1.54) is 48.6 Å². The van der Waals surface area contributed by atoms with Gasteiger partial charge in [-0.25, -0.2) is 9.78 Å². The van der Waals surface area contributed by atoms with Gasteiger partial charge in [0.2, 0.25) is 124 Å². The number of carbonyl (C=O) groups is 24. The second-order valence-electron chi connectivity index (χ2n) is 36.5. The van der Waals surface area contributed by atoms with E-state index in [0.29, 0.717) is 44.3 Å². The van der Waals surface area contributed by atoms with Crippen LogP contribution in [0, 0.1) is 17.8 Å². The minimum atomic E-state index is -2.00. The minimum absolute atomic E-state index is 0.00703. The number of imidazole rings is 1. The van der Waals surface area contributed by atoms with Gasteiger partial charge in [-0.2, -0.15) is 0 Å². The number of aromatic hydroxyl groups is 1. The number of likely N-dealkylation sites (tertiary alicyclic amines) is 3. The zero-order valence-electron chi connectivity index (χ0n) is 80.5. The molecule has 5 heterocycles. The molecule has 4 fully saturated rings. The summed E-state index contributed by atoms with van der Waals surface area (Å²) < 4.78 is 0. The summed E-state index contributed by atoms with van der Waals surface area (Å²) in [5, 5.41) is 87.4. The third-order valence-electron chi connectivity index (χ3n) is 24.1. The van der Waals surface area contributed by atoms with E-state index >= 15 is 0 Å². The predicted octanol–water partition coefficient (Wildman–Crippen LogP) is -8.84. The lowest BCUT2D eigenvalue weighted by atomic mass is 9.95. The lowest BCUT2D eigenvalue weighted by molar-refractivity contribution is -0.147. The molecule has 6 rings (SSSR count). The molecular weight excluding hydrogens is 1870 g/mol. The molecule has 1 aromatic heterocycles. The van der Waals surface area contributed by atoms with Crippen LogP contribution in [0.4, 0.5) is 0 Å². The number of primary amides is 3. The number of hydrogen-bond donors (Lipinski definition) is 25. The summed E-state index contributed by atoms with van der Waals surface area (Å²) in [6.07, 6.45) is -0.578. The molecule has 21 amide bonds. The third kappa shape index (κ3) is 36.6. The van der Waals surface area contributed by atoms with Crippen molar-refractivity contribution in [2.24, 2.45) is 35.0 Å². The van der Waals surface area contributed by atoms with Crippen LogP contribution in [0.2, 0.25) is 0 Å². The van der Waals surface area contributed by atoms with Gasteiger partial charge in [-0.15, -0.1) is 0 Å². The number of carbonyl (C=O) groups excluding carboxylic acids is 21. The molecule has 53 nitrogen and oxygen atoms in total. The van der Waals surface area contributed by atoms with Crippen LogP contribution in [0.15, 0.2) is 36.8 Å². The number of hydrogen-bond acceptors (Lipinski definition) is 28. The first-order valence-electron chi connectivity index (χ1n) is 46.9. The van der Waals surface area contributed by atoms with Gasteiger partial charge in [0.15, 0.2) is 0 Å². The Morgan fingerprint density at radius 2 is 0.845 bits per heavy atom. The quantitative estimate of drug-likeness (QED) is 0.0292. The van der Waals surface area contributed by atoms with Crippen molar-refractivity contribution in [3.63, 3.8) is 0 Å². The SMILES string of the molecule is CC[C@H](C)[C@H](NC(=O)[C@H](CC(C)C)NC(=O)[C@H](CCC(N)=O)NC(=O)[C@H](CC(N)=O)NC(=O)[C@H](C)NC(=O)CNC(=O)[C@H](Cc1cnc[nH]1)NC(=O)[C@H](CC(=O)O)NC(=O)[C@H](C)NC(=O)[C@H](Cc1ccc(O)cc1)NC(=O)[C@@H]1CCCN1C(=O)[C@@H]1CCCN1C(=O)[C@@H]1CCCN1)C(=O)N1CCC[C@H]1C(=O)N[C@@H](C)C(=O)N[C@@H](CC(=O)O)C(=O)N[C@@H](CCC(N)=O)C(=O)N[C@@H](CC(C)C)C(=O)N[C@@H](CO)C(=O)O. The number of carboxylic acid groups (broad SMARTS) is 3. The normalized spacial score (nSPS) is 18.6. The molecule has 28 N–H and O–H groups in total. The van der Waals surface area contributed by atoms with Crippen molar-refractivity contribution in [2.45, 2.75) is 299 Å². The van der Waals surface area contributed by atoms with Gasteiger partial charge in [-0.1, -0.05) is 60.1 Å². The number of H-pyrrole nitrogens is 1. The van der Waals surface area contributed by atoms with E-state index in [4.69, 9.17) is 17.2 Å². The molecule has 142 heavy (non-hydrogen) atoms. The molecule has 53 heteroatoms. The fraction of sp³-hybridized carbons (Fsp3) is 0.629. The van der Waals surface area contributed by atoms with Crippen molar-refractivity contribution in [1.82, 2.24) is 110 Å². The van der Waals surface area contributed by atoms with Crippen LogP contribution in [0.25, 0.3) is 0 Å². The van der Waals surface area contributed by atoms with Crippen LogP contribution >= 0.6 is 0 Å². The van der Waals surface area contributed by atoms with Gasteiger partial charge >= 0.3 is 17.9 Å². The first kappa shape index (κ1) is 116. The van der Waals surface area contributed by atoms with Crippen LogP contribution in [-0.4, -0.2) is 340 Å². The predicted molar refractivity (Wildman–Crippen MR) is 495 cm³/mol. The first-order chi connectivity index (χ1) is 66.9. The topological polar surface area (TPSA) is 820 Å². The van der Waals surface area contributed by atoms with Gasteiger partial charge in [0, 0.05) is 57.2 Å². The van der Waals surface area contributed by atoms with Gasteiger partial charge in [0.1, 0.15) is 108 Å². The second kappa shape index (κ2) is 56.0. The number of rotatable bonds is 57. The molecule has 0 unspecified atom stereocenters. The molecule has 19 atom stereocenters. The van der Waals surface area contributed by atoms with E-state index in [2.05, 4.69) is 95.0 Å². The number of phenols is 1. The van der Waals surface area contributed by atoms with Crippen LogP contribution < -0.4 is 102 Å². The Bertz CT molecular complexity index is 4880. The Labute approximate surface area is 816 Å². The highest BCUT2D eigenvalue weighted by molar-refractivity contribution is 6.03. The molecule has 4 aliphatic rings. The molecule has 0 aliphatic carbocycles. The van der Waals surface area contributed by atoms with Gasteiger partial charge in [-0.3, -0.25) is 110 Å². The Hall–Kier alpha value is -14.6. The van der Waals surface area contributed by atoms with Crippen LogP contribution in [-0.2, 0) is 128 Å². The van der Waals surface area contributed by atoms with Crippen molar-refractivity contribution >= 4 is 142 Å². The highest BCUT2D eigenvalue weighted by Crippen LogP contribution is 2.29. The number of nitrogens with one attached hydrogen (secondary N) is 17. The Morgan fingerprint density at radius 3 is 1.30 bits per heavy atom. The zero-order valence-corrected chi connectivity index (χ0v) is 80.5. The number of phenolic OH excluding ortho intramolecular Hbond substituents is 1. The molecular formula is C89H134N24O29. The zero-order chi connectivity index (χ0) is 106. The summed E-state index contributed by atoms with van der Waals surface area (Å²) in [5.74, 6) is -27.5. The molecule has 0 spiro atoms. The molecule has 0 saturated carbocycles. The maximum absolute atomic E-state index is 14.8. The summed E-state index contributed by atoms with van der Waals surface area (Å²) >= 11 is 0. The van der Waals surface area contributed by atoms with Crippen molar-refractivity contribution in [3.8, 4) is 5.75 Å². The fourth-order valence-electron chi connectivity index (χ4n) is 16.3. The van der Waals surface area contributed by atoms with Crippen LogP contribution in [0.5, 0.6) is 5.75 Å². The number of benzene rings is 1. The molecule has 1 aromatic carbocycles. The number of amides is 21. The van der Waals surface area contributed by atoms with Gasteiger partial charge in [0.25, 0.3) is 0 Å². The fourth-order valence-corrected chi connectivity index (χ4v) is 16.3. The van der Waals surface area contributed by atoms with Gasteiger partial charge in [0.05, 0.1) is 44.8 Å². The van der Waals surface area contributed by atoms with Gasteiger partial charge < -0.3 is 147 Å². The van der Waals surface area contributed by atoms with Crippen molar-refractivity contribution in [3.05, 3.63) is 48.0 Å². The molecule has 0 radical (unpaired) electrons. The number of aromatic nitrogens is 2. The number of aromatic amines is 1. The molecule has 4 aliphatic heterocycles. The van der Waals surface area contributed by atoms with Crippen molar-refractivity contribution in [1.29, 1.82) is 0 Å². The Kier molecular flexibility index (Phi) is 45.8. The monoisotopic (exact) mass is 2000 g/mol. The smallest absolute Gasteiger partial charge is 0.328 e. The number of aliphatic hydroxyl groups excluding tert-OH is 1. The number of aliphatic hydroxyl groups is 1. The number of carboxylic acids is 3. The van der Waals surface area contributed by atoms with E-state index in [0.717, 1.165) is 25.2 Å². The van der Waals surface area contributed by atoms with E-state index in [1.54, 1.807) is 46.4 Å². The van der Waals surface area contributed by atoms with E-state index in [-0.39, 0.29) is 81.3 Å². The van der Waals surface area contributed by atoms with E-state index in [9.17, 15) is 141 Å². The lowest BCUT2D eigenvalue weighted by Crippen LogP contribution is -2.61. The Balaban J connectivity index is 1.07. The standard InChI is InChI=1S/C89H134N24O29/c1-10-44(6)71(88(140)112-29-13-16-62(112)84(136)99-47(9)74(126)103-59(36-69(120)121)81(133)101-52(24-26-66(91)117)76(128)105-54(31-42(2)3)79(131)109-61(40-114)89(141)142)110-83(135)55(32-43(4)5)106-77(129)51(23-25-65(90)116)100-80(132)58(35-67(92)118)102-72(124)45(7)97-68(119)39-95-75(127)57(34-49-38-93-41-96-49)107-82(134)60(37-70(122)123)104-73(125)46(8)98-78(130)56(33-48-19-21-50(115)22-20-48)108-85(137)63-17-12-28-111(63)87(139)64-18-14-30-113(64)86(138)53-15-11-27-94-53/h19-22,38,41-47,51-64,71,94,114-115H,10-18,23-37,39-40H2,1-9H3,(H2,90,116)(H2,91,117)(H2,92,118)(H,93,96)(H,95,127)(H,97,119)(H,98,130)(H,99,136)(H,100,132)(H,101,133)(H,102,124)(H,103,126)(H,104,125)(H,105,128)(H,106,129)(H,107,134)(H,108,137)(H,109,131)(H,110,135)(H,120,121)(H,122,123)(H,141,142)/t44-,45-,46-,47-,51-,52-,53-,54-,55-,56-,57-,58-,59-,60-,61-,62-,63-,64-,71-/m0/s1. The summed E-state index contributed by atoms with van der Waals surface area (Å²) in [7, 11) is 0. The van der Waals surface area contributed by atoms with Crippen molar-refractivity contribution in [2.75, 3.05) is 39.3 Å². The number of aliphatic carboxylic acids is 3. The molecule has 784 valence electrons. The highest BCUT2D eigenvalue weighted by atomic mass is 16.4. The summed E-state index contributed by atoms with van der Waals surface area (Å²) in [4.78, 5) is 337. The van der Waals surface area contributed by atoms with Crippen LogP contribution in [0.1, 0.15) is 189 Å². The average Bonchev–Trinajstić information content (AvgIpc) is 1.69. The molecule has 0 bridgehead atoms. The largest absolute Gasteiger partial charge is 0.508 e. The maximum atomic E-state index is 14.8. The molecule has 2 aromatic rings. The lowest BCUT2D eigenvalue weighted by Gasteiger charge is -2.33. The van der Waals surface area contributed by atoms with Gasteiger partial charge in [-0.05, 0) is 140 Å². The number of nitrogens with zero attached hydrogens (tertiary/aromatic N) is 4. The third-order valence-corrected chi connectivity index (χ3v) is 24.1. The van der Waals surface area contributed by atoms with E-state index in [1.807, 2.05) is 0 Å². The Morgan fingerprint density at radius 1 is 0.430 bits per heavy atom. The minimum Gasteiger partial charge on any atom is -0.508 e. The summed E-state index contributed by atoms with van der Waals surface area (Å²) in [6, 6.07) is -21.8. The van der Waals surface area contributed by atoms with E-state index < -0.39 is 321 Å². The molecule has 4 saturated heterocycles. The first-order valence-corrected chi connectivity index (χ1v) is 46.9. The van der Waals surface area contributed by atoms with Crippen LogP contribution in [0.3, 0.4) is 0 Å². The van der Waals surface area contributed by atoms with Crippen molar-refractivity contribution < 1.29 is 141 Å². The summed E-state index contributed by atoms with van der Waals surface area (Å²) in [6.45, 7) is 12.4. The summed E-state index contributed by atoms with van der Waals surface area (Å²) in [5.41, 5.74) is 17.0. The average molecular weight is 2000 g/mol. The second-order valence-corrected chi connectivity index (χ2v) is 36.5.